The summed E-state index contributed by atoms with van der Waals surface area (Å²) in [5, 5.41) is 5.81. The molecule has 1 unspecified atom stereocenters. The first kappa shape index (κ1) is 12.8. The van der Waals surface area contributed by atoms with Crippen molar-refractivity contribution in [2.24, 2.45) is 0 Å². The Balaban J connectivity index is 2.06. The molecule has 0 fully saturated rings. The number of rotatable bonds is 2. The Hall–Kier alpha value is -1.17. The zero-order valence-electron chi connectivity index (χ0n) is 11.2. The monoisotopic (exact) mass is 278 g/mol. The first-order valence-electron chi connectivity index (χ1n) is 6.46. The van der Waals surface area contributed by atoms with Crippen LogP contribution in [0.15, 0.2) is 34.2 Å². The molecule has 0 aromatic heterocycles. The number of benzene rings is 1. The second kappa shape index (κ2) is 4.44. The molecule has 1 aromatic rings. The third-order valence-electron chi connectivity index (χ3n) is 3.89. The molecule has 0 amide bonds. The van der Waals surface area contributed by atoms with Crippen molar-refractivity contribution in [2.75, 3.05) is 19.6 Å². The lowest BCUT2D eigenvalue weighted by Gasteiger charge is -2.17. The van der Waals surface area contributed by atoms with Crippen LogP contribution in [-0.2, 0) is 9.84 Å². The van der Waals surface area contributed by atoms with Gasteiger partial charge in [-0.05, 0) is 42.2 Å². The van der Waals surface area contributed by atoms with E-state index in [1.54, 1.807) is 6.07 Å². The van der Waals surface area contributed by atoms with Crippen LogP contribution in [0.3, 0.4) is 0 Å². The Morgan fingerprint density at radius 2 is 1.95 bits per heavy atom. The van der Waals surface area contributed by atoms with Crippen molar-refractivity contribution in [1.29, 1.82) is 0 Å². The number of nitrogens with one attached hydrogen (secondary N) is 2. The molecule has 0 aliphatic carbocycles. The van der Waals surface area contributed by atoms with E-state index in [-0.39, 0.29) is 0 Å². The van der Waals surface area contributed by atoms with Gasteiger partial charge in [0, 0.05) is 19.6 Å². The lowest BCUT2D eigenvalue weighted by Crippen LogP contribution is -2.37. The zero-order valence-corrected chi connectivity index (χ0v) is 12.0. The average Bonchev–Trinajstić information content (AvgIpc) is 2.93. The van der Waals surface area contributed by atoms with Crippen molar-refractivity contribution in [3.63, 3.8) is 0 Å². The summed E-state index contributed by atoms with van der Waals surface area (Å²) < 4.78 is 25.7. The standard InChI is InChI=1S/C14H18N2O2S/c1-9-3-4-10(2)13(5-9)19(17,18)14-12-8-15-6-11(12)7-16-14/h3-5,14-16H,6-8H2,1-2H3. The smallest absolute Gasteiger partial charge is 0.198 e. The molecule has 102 valence electrons. The minimum Gasteiger partial charge on any atom is -0.309 e. The summed E-state index contributed by atoms with van der Waals surface area (Å²) in [5.74, 6) is 0. The normalized spacial score (nSPS) is 22.9. The molecule has 2 aliphatic heterocycles. The van der Waals surface area contributed by atoms with Crippen molar-refractivity contribution < 1.29 is 8.42 Å². The van der Waals surface area contributed by atoms with Gasteiger partial charge in [-0.1, -0.05) is 12.1 Å². The van der Waals surface area contributed by atoms with E-state index in [0.29, 0.717) is 18.0 Å². The maximum Gasteiger partial charge on any atom is 0.198 e. The van der Waals surface area contributed by atoms with Gasteiger partial charge in [-0.15, -0.1) is 0 Å². The molecule has 0 spiro atoms. The van der Waals surface area contributed by atoms with Crippen LogP contribution >= 0.6 is 0 Å². The number of aryl methyl sites for hydroxylation is 2. The highest BCUT2D eigenvalue weighted by molar-refractivity contribution is 7.92. The quantitative estimate of drug-likeness (QED) is 0.789. The van der Waals surface area contributed by atoms with E-state index in [2.05, 4.69) is 10.6 Å². The predicted molar refractivity (Wildman–Crippen MR) is 74.8 cm³/mol. The molecule has 2 heterocycles. The zero-order chi connectivity index (χ0) is 13.6. The predicted octanol–water partition coefficient (Wildman–Crippen LogP) is 0.906. The number of sulfone groups is 1. The van der Waals surface area contributed by atoms with Gasteiger partial charge < -0.3 is 5.32 Å². The summed E-state index contributed by atoms with van der Waals surface area (Å²) in [7, 11) is -3.36. The van der Waals surface area contributed by atoms with E-state index in [1.165, 1.54) is 5.57 Å². The SMILES string of the molecule is Cc1ccc(C)c(S(=O)(=O)C2NCC3=C2CNC3)c1. The lowest BCUT2D eigenvalue weighted by atomic mass is 10.2. The molecule has 4 nitrogen and oxygen atoms in total. The molecule has 5 heteroatoms. The molecular formula is C14H18N2O2S. The van der Waals surface area contributed by atoms with Gasteiger partial charge in [0.15, 0.2) is 9.84 Å². The van der Waals surface area contributed by atoms with Gasteiger partial charge >= 0.3 is 0 Å². The molecule has 3 rings (SSSR count). The van der Waals surface area contributed by atoms with Crippen molar-refractivity contribution in [1.82, 2.24) is 10.6 Å². The van der Waals surface area contributed by atoms with E-state index >= 15 is 0 Å². The first-order valence-corrected chi connectivity index (χ1v) is 8.01. The summed E-state index contributed by atoms with van der Waals surface area (Å²) in [6, 6.07) is 5.59. The van der Waals surface area contributed by atoms with E-state index in [0.717, 1.165) is 23.2 Å². The Morgan fingerprint density at radius 1 is 1.16 bits per heavy atom. The minimum absolute atomic E-state index is 0.450. The van der Waals surface area contributed by atoms with Gasteiger partial charge in [-0.2, -0.15) is 0 Å². The molecule has 1 aromatic carbocycles. The molecule has 0 saturated carbocycles. The second-order valence-corrected chi connectivity index (χ2v) is 7.31. The summed E-state index contributed by atoms with van der Waals surface area (Å²) in [6.07, 6.45) is 0. The highest BCUT2D eigenvalue weighted by Crippen LogP contribution is 2.29. The highest BCUT2D eigenvalue weighted by Gasteiger charge is 2.38. The average molecular weight is 278 g/mol. The third-order valence-corrected chi connectivity index (χ3v) is 6.01. The largest absolute Gasteiger partial charge is 0.309 e. The minimum atomic E-state index is -3.36. The van der Waals surface area contributed by atoms with E-state index in [4.69, 9.17) is 0 Å². The van der Waals surface area contributed by atoms with Crippen molar-refractivity contribution in [2.45, 2.75) is 24.1 Å². The summed E-state index contributed by atoms with van der Waals surface area (Å²) in [4.78, 5) is 0.450. The van der Waals surface area contributed by atoms with Gasteiger partial charge in [0.05, 0.1) is 4.90 Å². The summed E-state index contributed by atoms with van der Waals surface area (Å²) in [5.41, 5.74) is 4.01. The molecule has 0 saturated heterocycles. The molecule has 2 aliphatic rings. The van der Waals surface area contributed by atoms with Gasteiger partial charge in [0.2, 0.25) is 0 Å². The maximum atomic E-state index is 12.8. The van der Waals surface area contributed by atoms with Crippen LogP contribution in [0.4, 0.5) is 0 Å². The van der Waals surface area contributed by atoms with Gasteiger partial charge in [-0.3, -0.25) is 5.32 Å². The first-order chi connectivity index (χ1) is 9.00. The summed E-state index contributed by atoms with van der Waals surface area (Å²) >= 11 is 0. The van der Waals surface area contributed by atoms with Crippen LogP contribution in [0.25, 0.3) is 0 Å². The Labute approximate surface area is 113 Å². The third kappa shape index (κ3) is 2.02. The van der Waals surface area contributed by atoms with Crippen molar-refractivity contribution in [3.05, 3.63) is 40.5 Å². The number of hydrogen-bond acceptors (Lipinski definition) is 4. The van der Waals surface area contributed by atoms with Gasteiger partial charge in [0.25, 0.3) is 0 Å². The molecule has 0 bridgehead atoms. The van der Waals surface area contributed by atoms with Crippen LogP contribution in [-0.4, -0.2) is 33.4 Å². The molecule has 0 radical (unpaired) electrons. The lowest BCUT2D eigenvalue weighted by molar-refractivity contribution is 0.573. The van der Waals surface area contributed by atoms with Crippen LogP contribution in [0.2, 0.25) is 0 Å². The fourth-order valence-corrected chi connectivity index (χ4v) is 4.87. The highest BCUT2D eigenvalue weighted by atomic mass is 32.2. The van der Waals surface area contributed by atoms with E-state index < -0.39 is 15.2 Å². The molecule has 1 atom stereocenters. The van der Waals surface area contributed by atoms with Crippen molar-refractivity contribution in [3.8, 4) is 0 Å². The van der Waals surface area contributed by atoms with E-state index in [1.807, 2.05) is 26.0 Å². The number of hydrogen-bond donors (Lipinski definition) is 2. The van der Waals surface area contributed by atoms with Crippen LogP contribution in [0, 0.1) is 13.8 Å². The molecule has 2 N–H and O–H groups in total. The van der Waals surface area contributed by atoms with Crippen molar-refractivity contribution >= 4 is 9.84 Å². The van der Waals surface area contributed by atoms with Crippen LogP contribution in [0.1, 0.15) is 11.1 Å². The van der Waals surface area contributed by atoms with Crippen LogP contribution in [0.5, 0.6) is 0 Å². The Morgan fingerprint density at radius 3 is 2.74 bits per heavy atom. The fourth-order valence-electron chi connectivity index (χ4n) is 2.82. The summed E-state index contributed by atoms with van der Waals surface area (Å²) in [6.45, 7) is 5.93. The fraction of sp³-hybridized carbons (Fsp3) is 0.429. The second-order valence-electron chi connectivity index (χ2n) is 5.31. The topological polar surface area (TPSA) is 58.2 Å². The Bertz CT molecular complexity index is 662. The Kier molecular flexibility index (Phi) is 3.00. The van der Waals surface area contributed by atoms with Gasteiger partial charge in [0.1, 0.15) is 5.37 Å². The molecular weight excluding hydrogens is 260 g/mol. The van der Waals surface area contributed by atoms with E-state index in [9.17, 15) is 8.42 Å². The molecule has 19 heavy (non-hydrogen) atoms. The van der Waals surface area contributed by atoms with Gasteiger partial charge in [-0.25, -0.2) is 8.42 Å². The maximum absolute atomic E-state index is 12.8. The van der Waals surface area contributed by atoms with Crippen LogP contribution < -0.4 is 10.6 Å².